The quantitative estimate of drug-likeness (QED) is 0.486. The molecule has 0 aliphatic carbocycles. The zero-order chi connectivity index (χ0) is 24.4. The summed E-state index contributed by atoms with van der Waals surface area (Å²) in [6.45, 7) is 3.66. The van der Waals surface area contributed by atoms with Crippen LogP contribution < -0.4 is 24.4 Å². The van der Waals surface area contributed by atoms with Gasteiger partial charge in [0.1, 0.15) is 6.04 Å². The Morgan fingerprint density at radius 1 is 1.18 bits per heavy atom. The Morgan fingerprint density at radius 3 is 2.62 bits per heavy atom. The number of rotatable bonds is 6. The van der Waals surface area contributed by atoms with Gasteiger partial charge in [-0.05, 0) is 37.6 Å². The van der Waals surface area contributed by atoms with Gasteiger partial charge in [0, 0.05) is 10.6 Å². The van der Waals surface area contributed by atoms with Crippen LogP contribution in [0, 0.1) is 0 Å². The largest absolute Gasteiger partial charge is 0.493 e. The minimum absolute atomic E-state index is 0.199. The molecule has 34 heavy (non-hydrogen) atoms. The minimum atomic E-state index is -0.765. The van der Waals surface area contributed by atoms with Gasteiger partial charge < -0.3 is 14.2 Å². The molecule has 0 saturated heterocycles. The molecule has 1 aromatic heterocycles. The molecule has 2 aromatic carbocycles. The smallest absolute Gasteiger partial charge is 0.338 e. The summed E-state index contributed by atoms with van der Waals surface area (Å²) in [6, 6.07) is 11.8. The van der Waals surface area contributed by atoms with E-state index in [2.05, 4.69) is 4.99 Å². The van der Waals surface area contributed by atoms with Crippen LogP contribution in [-0.4, -0.2) is 31.4 Å². The third-order valence-electron chi connectivity index (χ3n) is 5.44. The lowest BCUT2D eigenvalue weighted by Crippen LogP contribution is -2.40. The minimum Gasteiger partial charge on any atom is -0.493 e. The lowest BCUT2D eigenvalue weighted by atomic mass is 9.96. The molecule has 2 heterocycles. The summed E-state index contributed by atoms with van der Waals surface area (Å²) < 4.78 is 18.1. The lowest BCUT2D eigenvalue weighted by Gasteiger charge is -2.25. The molecule has 0 amide bonds. The average Bonchev–Trinajstić information content (AvgIpc) is 3.12. The Labute approximate surface area is 205 Å². The second-order valence-corrected chi connectivity index (χ2v) is 8.82. The molecule has 1 unspecified atom stereocenters. The number of halogens is 1. The van der Waals surface area contributed by atoms with E-state index < -0.39 is 12.0 Å². The highest BCUT2D eigenvalue weighted by molar-refractivity contribution is 7.07. The number of fused-ring (bicyclic) bond motifs is 1. The SMILES string of the molecule is CCOC(=O)C1=C(C)N=c2sc(=Cc3cccc(OC)c3OC)c(=O)n2C1c1ccccc1Cl. The number of aromatic nitrogens is 1. The number of hydrogen-bond acceptors (Lipinski definition) is 7. The summed E-state index contributed by atoms with van der Waals surface area (Å²) in [6.07, 6.45) is 1.73. The molecule has 0 radical (unpaired) electrons. The van der Waals surface area contributed by atoms with E-state index >= 15 is 0 Å². The van der Waals surface area contributed by atoms with Crippen molar-refractivity contribution in [2.45, 2.75) is 19.9 Å². The van der Waals surface area contributed by atoms with E-state index in [9.17, 15) is 9.59 Å². The predicted octanol–water partition coefficient (Wildman–Crippen LogP) is 3.47. The van der Waals surface area contributed by atoms with Crippen molar-refractivity contribution >= 4 is 35.0 Å². The molecule has 0 fully saturated rings. The lowest BCUT2D eigenvalue weighted by molar-refractivity contribution is -0.139. The molecule has 9 heteroatoms. The first-order valence-electron chi connectivity index (χ1n) is 10.6. The van der Waals surface area contributed by atoms with E-state index in [1.54, 1.807) is 58.4 Å². The van der Waals surface area contributed by atoms with E-state index in [1.807, 2.05) is 18.2 Å². The van der Waals surface area contributed by atoms with Crippen LogP contribution in [-0.2, 0) is 9.53 Å². The van der Waals surface area contributed by atoms with Gasteiger partial charge in [-0.3, -0.25) is 9.36 Å². The van der Waals surface area contributed by atoms with Crippen molar-refractivity contribution < 1.29 is 19.0 Å². The maximum Gasteiger partial charge on any atom is 0.338 e. The molecule has 176 valence electrons. The maximum absolute atomic E-state index is 13.7. The van der Waals surface area contributed by atoms with Crippen molar-refractivity contribution in [3.63, 3.8) is 0 Å². The van der Waals surface area contributed by atoms with Crippen LogP contribution in [0.4, 0.5) is 0 Å². The fourth-order valence-electron chi connectivity index (χ4n) is 3.95. The molecule has 1 aliphatic rings. The number of hydrogen-bond donors (Lipinski definition) is 0. The Hall–Kier alpha value is -3.36. The monoisotopic (exact) mass is 498 g/mol. The summed E-state index contributed by atoms with van der Waals surface area (Å²) in [5, 5.41) is 0.438. The average molecular weight is 499 g/mol. The maximum atomic E-state index is 13.7. The number of benzene rings is 2. The van der Waals surface area contributed by atoms with Gasteiger partial charge in [0.05, 0.1) is 36.6 Å². The number of ether oxygens (including phenoxy) is 3. The van der Waals surface area contributed by atoms with E-state index in [4.69, 9.17) is 25.8 Å². The second kappa shape index (κ2) is 9.87. The van der Waals surface area contributed by atoms with Gasteiger partial charge >= 0.3 is 5.97 Å². The first-order chi connectivity index (χ1) is 16.4. The van der Waals surface area contributed by atoms with Gasteiger partial charge in [0.15, 0.2) is 16.3 Å². The molecule has 0 bridgehead atoms. The van der Waals surface area contributed by atoms with Crippen molar-refractivity contribution in [1.29, 1.82) is 0 Å². The van der Waals surface area contributed by atoms with Crippen molar-refractivity contribution in [3.8, 4) is 11.5 Å². The summed E-state index contributed by atoms with van der Waals surface area (Å²) in [4.78, 5) is 31.7. The Kier molecular flexibility index (Phi) is 6.90. The van der Waals surface area contributed by atoms with Crippen LogP contribution in [0.15, 0.2) is 63.5 Å². The predicted molar refractivity (Wildman–Crippen MR) is 131 cm³/mol. The summed E-state index contributed by atoms with van der Waals surface area (Å²) in [5.41, 5.74) is 1.77. The number of carbonyl (C=O) groups excluding carboxylic acids is 1. The van der Waals surface area contributed by atoms with Crippen molar-refractivity contribution in [2.75, 3.05) is 20.8 Å². The van der Waals surface area contributed by atoms with E-state index in [-0.39, 0.29) is 17.7 Å². The first-order valence-corrected chi connectivity index (χ1v) is 11.8. The van der Waals surface area contributed by atoms with Gasteiger partial charge in [-0.15, -0.1) is 0 Å². The highest BCUT2D eigenvalue weighted by atomic mass is 35.5. The highest BCUT2D eigenvalue weighted by Crippen LogP contribution is 2.35. The molecule has 0 saturated carbocycles. The van der Waals surface area contributed by atoms with Gasteiger partial charge in [-0.1, -0.05) is 53.3 Å². The number of carbonyl (C=O) groups is 1. The van der Waals surface area contributed by atoms with Crippen LogP contribution in [0.1, 0.15) is 31.0 Å². The van der Waals surface area contributed by atoms with Crippen molar-refractivity contribution in [2.24, 2.45) is 4.99 Å². The van der Waals surface area contributed by atoms with Crippen LogP contribution in [0.2, 0.25) is 5.02 Å². The van der Waals surface area contributed by atoms with Crippen molar-refractivity contribution in [3.05, 3.63) is 89.6 Å². The highest BCUT2D eigenvalue weighted by Gasteiger charge is 2.34. The molecule has 7 nitrogen and oxygen atoms in total. The topological polar surface area (TPSA) is 79.1 Å². The normalized spacial score (nSPS) is 15.6. The summed E-state index contributed by atoms with van der Waals surface area (Å²) in [5.74, 6) is 0.540. The van der Waals surface area contributed by atoms with Crippen LogP contribution in [0.3, 0.4) is 0 Å². The second-order valence-electron chi connectivity index (χ2n) is 7.41. The number of methoxy groups -OCH3 is 2. The Morgan fingerprint density at radius 2 is 1.94 bits per heavy atom. The van der Waals surface area contributed by atoms with Gasteiger partial charge in [-0.25, -0.2) is 9.79 Å². The van der Waals surface area contributed by atoms with Crippen LogP contribution in [0.25, 0.3) is 6.08 Å². The Bertz CT molecular complexity index is 1470. The zero-order valence-electron chi connectivity index (χ0n) is 19.1. The molecule has 3 aromatic rings. The zero-order valence-corrected chi connectivity index (χ0v) is 20.7. The van der Waals surface area contributed by atoms with Gasteiger partial charge in [0.2, 0.25) is 0 Å². The molecular weight excluding hydrogens is 476 g/mol. The third-order valence-corrected chi connectivity index (χ3v) is 6.76. The number of thiazole rings is 1. The van der Waals surface area contributed by atoms with Gasteiger partial charge in [0.25, 0.3) is 5.56 Å². The Balaban J connectivity index is 1.99. The molecule has 0 N–H and O–H groups in total. The van der Waals surface area contributed by atoms with Crippen LogP contribution >= 0.6 is 22.9 Å². The summed E-state index contributed by atoms with van der Waals surface area (Å²) in [7, 11) is 3.10. The molecule has 0 spiro atoms. The molecule has 4 rings (SSSR count). The molecular formula is C25H23ClN2O5S. The van der Waals surface area contributed by atoms with E-state index in [1.165, 1.54) is 15.9 Å². The van der Waals surface area contributed by atoms with Crippen molar-refractivity contribution in [1.82, 2.24) is 4.57 Å². The standard InChI is InChI=1S/C25H23ClN2O5S/c1-5-33-24(30)20-14(2)27-25-28(21(20)16-10-6-7-11-17(16)26)23(29)19(34-25)13-15-9-8-12-18(31-3)22(15)32-4/h6-13,21H,5H2,1-4H3. The van der Waals surface area contributed by atoms with Gasteiger partial charge in [-0.2, -0.15) is 0 Å². The summed E-state index contributed by atoms with van der Waals surface area (Å²) >= 11 is 7.75. The molecule has 1 atom stereocenters. The number of allylic oxidation sites excluding steroid dienone is 1. The molecule has 1 aliphatic heterocycles. The first kappa shape index (κ1) is 23.8. The third kappa shape index (κ3) is 4.15. The van der Waals surface area contributed by atoms with E-state index in [0.29, 0.717) is 42.7 Å². The van der Waals surface area contributed by atoms with E-state index in [0.717, 1.165) is 0 Å². The fourth-order valence-corrected chi connectivity index (χ4v) is 5.23. The number of nitrogens with zero attached hydrogens (tertiary/aromatic N) is 2. The van der Waals surface area contributed by atoms with Crippen LogP contribution in [0.5, 0.6) is 11.5 Å². The number of para-hydroxylation sites is 1. The fraction of sp³-hybridized carbons (Fsp3) is 0.240. The number of esters is 1.